The summed E-state index contributed by atoms with van der Waals surface area (Å²) in [5.41, 5.74) is 3.97. The van der Waals surface area contributed by atoms with E-state index in [0.717, 1.165) is 17.3 Å². The highest BCUT2D eigenvalue weighted by Gasteiger charge is 2.14. The number of nitrogens with one attached hydrogen (secondary N) is 1. The van der Waals surface area contributed by atoms with Gasteiger partial charge in [0.2, 0.25) is 10.0 Å². The number of carbonyl (C=O) groups excluding carboxylic acids is 1. The molecule has 38 heavy (non-hydrogen) atoms. The molecule has 0 atom stereocenters. The molecule has 0 bridgehead atoms. The Bertz CT molecular complexity index is 1670. The van der Waals surface area contributed by atoms with E-state index in [9.17, 15) is 18.0 Å². The molecular formula is C25H21Cl2N5O4S2. The van der Waals surface area contributed by atoms with E-state index in [-0.39, 0.29) is 22.8 Å². The maximum atomic E-state index is 13.3. The monoisotopic (exact) mass is 589 g/mol. The molecular weight excluding hydrogens is 569 g/mol. The van der Waals surface area contributed by atoms with Crippen molar-refractivity contribution in [3.8, 4) is 0 Å². The molecule has 9 nitrogen and oxygen atoms in total. The summed E-state index contributed by atoms with van der Waals surface area (Å²) in [6.45, 7) is 0.262. The van der Waals surface area contributed by atoms with Crippen molar-refractivity contribution in [2.24, 2.45) is 10.2 Å². The van der Waals surface area contributed by atoms with E-state index in [0.29, 0.717) is 38.1 Å². The number of nitrogens with zero attached hydrogens (tertiary/aromatic N) is 3. The predicted molar refractivity (Wildman–Crippen MR) is 150 cm³/mol. The number of sulfonamides is 1. The van der Waals surface area contributed by atoms with Crippen molar-refractivity contribution in [2.75, 3.05) is 5.75 Å². The van der Waals surface area contributed by atoms with Crippen LogP contribution in [0.2, 0.25) is 10.0 Å². The van der Waals surface area contributed by atoms with Gasteiger partial charge in [-0.1, -0.05) is 65.3 Å². The number of hydrazone groups is 1. The third kappa shape index (κ3) is 6.80. The molecule has 0 saturated heterocycles. The van der Waals surface area contributed by atoms with E-state index in [2.05, 4.69) is 15.5 Å². The second-order valence-electron chi connectivity index (χ2n) is 8.02. The normalized spacial score (nSPS) is 11.8. The number of halogens is 2. The molecule has 4 rings (SSSR count). The zero-order chi connectivity index (χ0) is 27.3. The van der Waals surface area contributed by atoms with Gasteiger partial charge >= 0.3 is 0 Å². The van der Waals surface area contributed by atoms with Crippen LogP contribution in [0.4, 0.5) is 0 Å². The first-order chi connectivity index (χ1) is 18.1. The number of fused-ring (bicyclic) bond motifs is 1. The SMILES string of the molecule is NS(=O)(=O)c1ccc(CCn2c(SCC(=O)N/N=C/c3c(Cl)cccc3Cl)nc3ccccc3c2=O)cc1. The van der Waals surface area contributed by atoms with Gasteiger partial charge in [-0.15, -0.1) is 0 Å². The number of benzene rings is 3. The summed E-state index contributed by atoms with van der Waals surface area (Å²) in [7, 11) is -3.80. The standard InChI is InChI=1S/C25H21Cl2N5O4S2/c26-20-5-3-6-21(27)19(20)14-29-31-23(33)15-37-25-30-22-7-2-1-4-18(22)24(34)32(25)13-12-16-8-10-17(11-9-16)38(28,35)36/h1-11,14H,12-13,15H2,(H,31,33)(H2,28,35,36)/b29-14+. The molecule has 1 amide bonds. The molecule has 0 saturated carbocycles. The van der Waals surface area contributed by atoms with E-state index in [4.69, 9.17) is 28.3 Å². The first kappa shape index (κ1) is 27.8. The van der Waals surface area contributed by atoms with Crippen molar-refractivity contribution < 1.29 is 13.2 Å². The number of rotatable bonds is 9. The van der Waals surface area contributed by atoms with Crippen LogP contribution in [0.25, 0.3) is 10.9 Å². The summed E-state index contributed by atoms with van der Waals surface area (Å²) in [5.74, 6) is -0.469. The van der Waals surface area contributed by atoms with Gasteiger partial charge in [0.25, 0.3) is 11.5 Å². The lowest BCUT2D eigenvalue weighted by Gasteiger charge is -2.13. The van der Waals surface area contributed by atoms with Crippen LogP contribution in [-0.2, 0) is 27.8 Å². The van der Waals surface area contributed by atoms with Crippen LogP contribution in [-0.4, -0.2) is 35.8 Å². The number of aromatic nitrogens is 2. The Balaban J connectivity index is 1.50. The van der Waals surface area contributed by atoms with Gasteiger partial charge in [-0.2, -0.15) is 5.10 Å². The van der Waals surface area contributed by atoms with E-state index < -0.39 is 15.9 Å². The second-order valence-corrected chi connectivity index (χ2v) is 11.3. The summed E-state index contributed by atoms with van der Waals surface area (Å²) >= 11 is 13.3. The topological polar surface area (TPSA) is 137 Å². The number of para-hydroxylation sites is 1. The number of thioether (sulfide) groups is 1. The van der Waals surface area contributed by atoms with Crippen molar-refractivity contribution in [1.82, 2.24) is 15.0 Å². The van der Waals surface area contributed by atoms with E-state index in [1.807, 2.05) is 0 Å². The Hall–Kier alpha value is -3.22. The summed E-state index contributed by atoms with van der Waals surface area (Å²) in [6, 6.07) is 18.1. The highest BCUT2D eigenvalue weighted by atomic mass is 35.5. The van der Waals surface area contributed by atoms with Gasteiger partial charge in [0.15, 0.2) is 5.16 Å². The summed E-state index contributed by atoms with van der Waals surface area (Å²) in [4.78, 5) is 30.3. The maximum absolute atomic E-state index is 13.3. The lowest BCUT2D eigenvalue weighted by atomic mass is 10.1. The van der Waals surface area contributed by atoms with Crippen molar-refractivity contribution in [3.63, 3.8) is 0 Å². The number of primary sulfonamides is 1. The molecule has 0 aliphatic rings. The van der Waals surface area contributed by atoms with Crippen LogP contribution >= 0.6 is 35.0 Å². The highest BCUT2D eigenvalue weighted by molar-refractivity contribution is 7.99. The molecule has 3 N–H and O–H groups in total. The smallest absolute Gasteiger partial charge is 0.262 e. The number of aryl methyl sites for hydroxylation is 1. The Labute approximate surface area is 232 Å². The first-order valence-electron chi connectivity index (χ1n) is 11.1. The number of nitrogens with two attached hydrogens (primary N) is 1. The summed E-state index contributed by atoms with van der Waals surface area (Å²) in [5, 5.41) is 10.7. The third-order valence-corrected chi connectivity index (χ3v) is 7.98. The van der Waals surface area contributed by atoms with Gasteiger partial charge in [-0.05, 0) is 48.4 Å². The van der Waals surface area contributed by atoms with Crippen LogP contribution in [0.3, 0.4) is 0 Å². The van der Waals surface area contributed by atoms with Crippen LogP contribution in [0.15, 0.2) is 86.7 Å². The van der Waals surface area contributed by atoms with E-state index in [1.54, 1.807) is 54.6 Å². The van der Waals surface area contributed by atoms with E-state index in [1.165, 1.54) is 22.9 Å². The largest absolute Gasteiger partial charge is 0.287 e. The Kier molecular flexibility index (Phi) is 8.85. The minimum absolute atomic E-state index is 0.00696. The lowest BCUT2D eigenvalue weighted by molar-refractivity contribution is -0.118. The van der Waals surface area contributed by atoms with Crippen molar-refractivity contribution >= 4 is 68.0 Å². The minimum atomic E-state index is -3.80. The van der Waals surface area contributed by atoms with Gasteiger partial charge in [-0.3, -0.25) is 14.2 Å². The average Bonchev–Trinajstić information content (AvgIpc) is 2.88. The molecule has 0 fully saturated rings. The number of hydrogen-bond donors (Lipinski definition) is 2. The Morgan fingerprint density at radius 2 is 1.74 bits per heavy atom. The fourth-order valence-corrected chi connectivity index (χ4v) is 5.34. The minimum Gasteiger partial charge on any atom is -0.287 e. The molecule has 196 valence electrons. The van der Waals surface area contributed by atoms with Crippen molar-refractivity contribution in [1.29, 1.82) is 0 Å². The van der Waals surface area contributed by atoms with Crippen molar-refractivity contribution in [3.05, 3.63) is 98.3 Å². The molecule has 0 radical (unpaired) electrons. The first-order valence-corrected chi connectivity index (χ1v) is 14.4. The molecule has 4 aromatic rings. The molecule has 1 aromatic heterocycles. The van der Waals surface area contributed by atoms with Crippen LogP contribution in [0.1, 0.15) is 11.1 Å². The zero-order valence-electron chi connectivity index (χ0n) is 19.7. The van der Waals surface area contributed by atoms with Crippen LogP contribution < -0.4 is 16.1 Å². The molecule has 1 heterocycles. The molecule has 13 heteroatoms. The molecule has 0 spiro atoms. The zero-order valence-corrected chi connectivity index (χ0v) is 22.8. The number of amides is 1. The number of carbonyl (C=O) groups is 1. The quantitative estimate of drug-likeness (QED) is 0.132. The van der Waals surface area contributed by atoms with Gasteiger partial charge < -0.3 is 0 Å². The highest BCUT2D eigenvalue weighted by Crippen LogP contribution is 2.22. The van der Waals surface area contributed by atoms with Gasteiger partial charge in [0, 0.05) is 12.1 Å². The number of hydrogen-bond acceptors (Lipinski definition) is 7. The lowest BCUT2D eigenvalue weighted by Crippen LogP contribution is -2.26. The van der Waals surface area contributed by atoms with Gasteiger partial charge in [0.1, 0.15) is 0 Å². The summed E-state index contributed by atoms with van der Waals surface area (Å²) in [6.07, 6.45) is 1.78. The Morgan fingerprint density at radius 3 is 2.42 bits per heavy atom. The summed E-state index contributed by atoms with van der Waals surface area (Å²) < 4.78 is 24.5. The molecule has 0 aliphatic heterocycles. The third-order valence-electron chi connectivity index (χ3n) is 5.42. The van der Waals surface area contributed by atoms with Crippen LogP contribution in [0.5, 0.6) is 0 Å². The Morgan fingerprint density at radius 1 is 1.05 bits per heavy atom. The fraction of sp³-hybridized carbons (Fsp3) is 0.120. The average molecular weight is 591 g/mol. The molecule has 0 aliphatic carbocycles. The predicted octanol–water partition coefficient (Wildman–Crippen LogP) is 3.84. The molecule has 0 unspecified atom stereocenters. The van der Waals surface area contributed by atoms with Gasteiger partial charge in [-0.25, -0.2) is 24.0 Å². The second kappa shape index (κ2) is 12.1. The fourth-order valence-electron chi connectivity index (χ4n) is 3.51. The van der Waals surface area contributed by atoms with Gasteiger partial charge in [0.05, 0.1) is 37.8 Å². The maximum Gasteiger partial charge on any atom is 0.262 e. The van der Waals surface area contributed by atoms with Crippen LogP contribution in [0, 0.1) is 0 Å². The van der Waals surface area contributed by atoms with Crippen molar-refractivity contribution in [2.45, 2.75) is 23.0 Å². The van der Waals surface area contributed by atoms with E-state index >= 15 is 0 Å². The molecule has 3 aromatic carbocycles.